The Kier molecular flexibility index (Phi) is 1.96. The number of hydrogen-bond donors (Lipinski definition) is 1. The molecule has 1 aliphatic heterocycles. The molecule has 0 unspecified atom stereocenters. The molecule has 1 heterocycles. The Hall–Kier alpha value is -1.09. The monoisotopic (exact) mass is 179 g/mol. The Bertz CT molecular complexity index is 283. The van der Waals surface area contributed by atoms with Crippen LogP contribution in [0.2, 0.25) is 0 Å². The zero-order valence-electron chi connectivity index (χ0n) is 7.62. The standard InChI is InChI=1S/C10H13NO2/c1-3-6-4-7(10(12)13-2)5-8-9(6)11-8/h3,5-6,8-9,11H,1,4H2,2H3/t6-,8+,9-/m1/s1. The maximum absolute atomic E-state index is 11.2. The second kappa shape index (κ2) is 3.00. The molecule has 0 aromatic rings. The van der Waals surface area contributed by atoms with Crippen LogP contribution in [-0.2, 0) is 9.53 Å². The first-order chi connectivity index (χ1) is 6.26. The molecule has 13 heavy (non-hydrogen) atoms. The predicted octanol–water partition coefficient (Wildman–Crippen LogP) is 0.632. The van der Waals surface area contributed by atoms with E-state index >= 15 is 0 Å². The van der Waals surface area contributed by atoms with Gasteiger partial charge in [-0.3, -0.25) is 0 Å². The smallest absolute Gasteiger partial charge is 0.333 e. The van der Waals surface area contributed by atoms with E-state index in [0.29, 0.717) is 18.0 Å². The third-order valence-corrected chi connectivity index (χ3v) is 2.71. The predicted molar refractivity (Wildman–Crippen MR) is 49.1 cm³/mol. The lowest BCUT2D eigenvalue weighted by Gasteiger charge is -2.15. The van der Waals surface area contributed by atoms with Crippen molar-refractivity contribution in [3.8, 4) is 0 Å². The van der Waals surface area contributed by atoms with Crippen molar-refractivity contribution in [2.75, 3.05) is 7.11 Å². The molecule has 1 aliphatic carbocycles. The van der Waals surface area contributed by atoms with Gasteiger partial charge in [-0.15, -0.1) is 6.58 Å². The van der Waals surface area contributed by atoms with E-state index in [2.05, 4.69) is 16.6 Å². The van der Waals surface area contributed by atoms with E-state index in [4.69, 9.17) is 0 Å². The molecule has 1 fully saturated rings. The van der Waals surface area contributed by atoms with Crippen LogP contribution in [-0.4, -0.2) is 25.2 Å². The van der Waals surface area contributed by atoms with E-state index in [1.807, 2.05) is 12.2 Å². The van der Waals surface area contributed by atoms with Gasteiger partial charge in [0.2, 0.25) is 0 Å². The molecule has 2 rings (SSSR count). The van der Waals surface area contributed by atoms with Gasteiger partial charge in [-0.2, -0.15) is 0 Å². The number of hydrogen-bond acceptors (Lipinski definition) is 3. The molecular formula is C10H13NO2. The SMILES string of the molecule is C=C[C@@H]1CC(C(=O)OC)=C[C@@H]2N[C@H]12. The van der Waals surface area contributed by atoms with Gasteiger partial charge in [0.05, 0.1) is 7.11 Å². The van der Waals surface area contributed by atoms with Gasteiger partial charge in [-0.1, -0.05) is 12.2 Å². The molecule has 0 aromatic carbocycles. The fourth-order valence-electron chi connectivity index (χ4n) is 1.89. The number of ether oxygens (including phenoxy) is 1. The maximum Gasteiger partial charge on any atom is 0.333 e. The first kappa shape index (κ1) is 8.51. The van der Waals surface area contributed by atoms with Crippen LogP contribution in [0.1, 0.15) is 6.42 Å². The Labute approximate surface area is 77.5 Å². The van der Waals surface area contributed by atoms with Crippen molar-refractivity contribution in [3.05, 3.63) is 24.3 Å². The summed E-state index contributed by atoms with van der Waals surface area (Å²) >= 11 is 0. The van der Waals surface area contributed by atoms with Crippen LogP contribution in [0.4, 0.5) is 0 Å². The minimum atomic E-state index is -0.209. The highest BCUT2D eigenvalue weighted by atomic mass is 16.5. The number of rotatable bonds is 2. The topological polar surface area (TPSA) is 48.2 Å². The average Bonchev–Trinajstić information content (AvgIpc) is 2.93. The van der Waals surface area contributed by atoms with Crippen molar-refractivity contribution in [1.29, 1.82) is 0 Å². The highest BCUT2D eigenvalue weighted by Gasteiger charge is 2.44. The van der Waals surface area contributed by atoms with Crippen LogP contribution in [0.25, 0.3) is 0 Å². The molecule has 0 bridgehead atoms. The van der Waals surface area contributed by atoms with Crippen molar-refractivity contribution < 1.29 is 9.53 Å². The molecule has 2 aliphatic rings. The number of methoxy groups -OCH3 is 1. The van der Waals surface area contributed by atoms with Crippen LogP contribution in [0.5, 0.6) is 0 Å². The molecule has 1 saturated heterocycles. The van der Waals surface area contributed by atoms with E-state index < -0.39 is 0 Å². The Morgan fingerprint density at radius 1 is 1.85 bits per heavy atom. The Balaban J connectivity index is 2.13. The Morgan fingerprint density at radius 3 is 3.23 bits per heavy atom. The van der Waals surface area contributed by atoms with E-state index in [1.165, 1.54) is 7.11 Å². The molecule has 0 spiro atoms. The van der Waals surface area contributed by atoms with Gasteiger partial charge in [0, 0.05) is 17.7 Å². The van der Waals surface area contributed by atoms with Crippen LogP contribution in [0.15, 0.2) is 24.3 Å². The van der Waals surface area contributed by atoms with Gasteiger partial charge in [-0.25, -0.2) is 4.79 Å². The van der Waals surface area contributed by atoms with Gasteiger partial charge >= 0.3 is 5.97 Å². The Morgan fingerprint density at radius 2 is 2.62 bits per heavy atom. The van der Waals surface area contributed by atoms with Gasteiger partial charge in [-0.05, 0) is 12.3 Å². The summed E-state index contributed by atoms with van der Waals surface area (Å²) in [5.74, 6) is 0.170. The van der Waals surface area contributed by atoms with Crippen LogP contribution in [0.3, 0.4) is 0 Å². The summed E-state index contributed by atoms with van der Waals surface area (Å²) in [5, 5.41) is 3.29. The first-order valence-corrected chi connectivity index (χ1v) is 4.44. The fourth-order valence-corrected chi connectivity index (χ4v) is 1.89. The molecule has 0 aromatic heterocycles. The maximum atomic E-state index is 11.2. The second-order valence-corrected chi connectivity index (χ2v) is 3.51. The van der Waals surface area contributed by atoms with Crippen molar-refractivity contribution >= 4 is 5.97 Å². The van der Waals surface area contributed by atoms with E-state index in [9.17, 15) is 4.79 Å². The number of carbonyl (C=O) groups excluding carboxylic acids is 1. The zero-order chi connectivity index (χ0) is 9.42. The summed E-state index contributed by atoms with van der Waals surface area (Å²) in [6.45, 7) is 3.76. The summed E-state index contributed by atoms with van der Waals surface area (Å²) < 4.78 is 4.68. The van der Waals surface area contributed by atoms with E-state index in [-0.39, 0.29) is 5.97 Å². The van der Waals surface area contributed by atoms with Gasteiger partial charge in [0.25, 0.3) is 0 Å². The fraction of sp³-hybridized carbons (Fsp3) is 0.500. The van der Waals surface area contributed by atoms with Gasteiger partial charge in [0.15, 0.2) is 0 Å². The summed E-state index contributed by atoms with van der Waals surface area (Å²) in [6, 6.07) is 0.872. The third-order valence-electron chi connectivity index (χ3n) is 2.71. The quantitative estimate of drug-likeness (QED) is 0.384. The number of fused-ring (bicyclic) bond motifs is 1. The zero-order valence-corrected chi connectivity index (χ0v) is 7.62. The van der Waals surface area contributed by atoms with Crippen LogP contribution in [0, 0.1) is 5.92 Å². The molecule has 0 radical (unpaired) electrons. The van der Waals surface area contributed by atoms with E-state index in [0.717, 1.165) is 12.0 Å². The third kappa shape index (κ3) is 1.40. The molecule has 3 atom stereocenters. The molecule has 3 heteroatoms. The van der Waals surface area contributed by atoms with Gasteiger partial charge < -0.3 is 10.1 Å². The normalized spacial score (nSPS) is 35.8. The molecule has 0 amide bonds. The minimum Gasteiger partial charge on any atom is -0.466 e. The van der Waals surface area contributed by atoms with Crippen molar-refractivity contribution in [2.45, 2.75) is 18.5 Å². The first-order valence-electron chi connectivity index (χ1n) is 4.44. The van der Waals surface area contributed by atoms with Gasteiger partial charge in [0.1, 0.15) is 0 Å². The number of esters is 1. The summed E-state index contributed by atoms with van der Waals surface area (Å²) in [4.78, 5) is 11.2. The number of nitrogens with one attached hydrogen (secondary N) is 1. The summed E-state index contributed by atoms with van der Waals surface area (Å²) in [5.41, 5.74) is 0.777. The lowest BCUT2D eigenvalue weighted by atomic mass is 9.89. The van der Waals surface area contributed by atoms with Crippen molar-refractivity contribution in [2.24, 2.45) is 5.92 Å². The van der Waals surface area contributed by atoms with Crippen molar-refractivity contribution in [3.63, 3.8) is 0 Å². The van der Waals surface area contributed by atoms with Crippen molar-refractivity contribution in [1.82, 2.24) is 5.32 Å². The minimum absolute atomic E-state index is 0.209. The van der Waals surface area contributed by atoms with Crippen LogP contribution < -0.4 is 5.32 Å². The lowest BCUT2D eigenvalue weighted by Crippen LogP contribution is -2.18. The van der Waals surface area contributed by atoms with Crippen LogP contribution >= 0.6 is 0 Å². The highest BCUT2D eigenvalue weighted by Crippen LogP contribution is 2.34. The molecule has 0 saturated carbocycles. The molecule has 70 valence electrons. The average molecular weight is 179 g/mol. The molecule has 1 N–H and O–H groups in total. The molecular weight excluding hydrogens is 166 g/mol. The van der Waals surface area contributed by atoms with E-state index in [1.54, 1.807) is 0 Å². The highest BCUT2D eigenvalue weighted by molar-refractivity contribution is 5.89. The largest absolute Gasteiger partial charge is 0.466 e. The summed E-state index contributed by atoms with van der Waals surface area (Å²) in [6.07, 6.45) is 4.63. The summed E-state index contributed by atoms with van der Waals surface area (Å²) in [7, 11) is 1.42. The number of carbonyl (C=O) groups is 1. The molecule has 3 nitrogen and oxygen atoms in total. The lowest BCUT2D eigenvalue weighted by molar-refractivity contribution is -0.136. The second-order valence-electron chi connectivity index (χ2n) is 3.51.